The Labute approximate surface area is 137 Å². The molecule has 2 rings (SSSR count). The molecule has 23 heavy (non-hydrogen) atoms. The lowest BCUT2D eigenvalue weighted by atomic mass is 10.1. The van der Waals surface area contributed by atoms with Gasteiger partial charge in [0.05, 0.1) is 11.4 Å². The monoisotopic (exact) mass is 332 g/mol. The molecule has 2 aromatic rings. The zero-order valence-electron chi connectivity index (χ0n) is 13.4. The van der Waals surface area contributed by atoms with Crippen LogP contribution in [-0.2, 0) is 10.0 Å². The van der Waals surface area contributed by atoms with Crippen LogP contribution in [0, 0.1) is 6.92 Å². The van der Waals surface area contributed by atoms with Gasteiger partial charge in [-0.2, -0.15) is 0 Å². The summed E-state index contributed by atoms with van der Waals surface area (Å²) in [5, 5.41) is 2.80. The second-order valence-electron chi connectivity index (χ2n) is 5.24. The molecule has 0 aromatic heterocycles. The van der Waals surface area contributed by atoms with E-state index in [0.29, 0.717) is 16.9 Å². The number of carbonyl (C=O) groups excluding carboxylic acids is 1. The van der Waals surface area contributed by atoms with Crippen LogP contribution in [0.4, 0.5) is 11.4 Å². The molecule has 0 bridgehead atoms. The second-order valence-corrected chi connectivity index (χ2v) is 7.53. The van der Waals surface area contributed by atoms with Crippen LogP contribution in [0.1, 0.15) is 22.8 Å². The number of benzene rings is 2. The van der Waals surface area contributed by atoms with Gasteiger partial charge >= 0.3 is 0 Å². The number of sulfonamides is 1. The summed E-state index contributed by atoms with van der Waals surface area (Å²) in [6, 6.07) is 14.0. The molecular formula is C17H20N2O3S. The smallest absolute Gasteiger partial charge is 0.255 e. The third kappa shape index (κ3) is 4.10. The minimum absolute atomic E-state index is 0.00326. The fourth-order valence-electron chi connectivity index (χ4n) is 2.04. The molecule has 0 heterocycles. The van der Waals surface area contributed by atoms with E-state index >= 15 is 0 Å². The molecule has 1 amide bonds. The molecule has 0 fully saturated rings. The maximum absolute atomic E-state index is 12.3. The van der Waals surface area contributed by atoms with E-state index in [1.807, 2.05) is 31.2 Å². The Kier molecular flexibility index (Phi) is 5.05. The summed E-state index contributed by atoms with van der Waals surface area (Å²) in [4.78, 5) is 12.3. The Morgan fingerprint density at radius 3 is 2.39 bits per heavy atom. The molecular weight excluding hydrogens is 312 g/mol. The van der Waals surface area contributed by atoms with Crippen molar-refractivity contribution in [1.82, 2.24) is 0 Å². The third-order valence-corrected chi connectivity index (χ3v) is 5.34. The van der Waals surface area contributed by atoms with Gasteiger partial charge in [0.2, 0.25) is 10.0 Å². The molecule has 0 aliphatic carbocycles. The van der Waals surface area contributed by atoms with Crippen LogP contribution < -0.4 is 9.62 Å². The number of amides is 1. The van der Waals surface area contributed by atoms with Gasteiger partial charge in [0.1, 0.15) is 0 Å². The minimum Gasteiger partial charge on any atom is -0.322 e. The topological polar surface area (TPSA) is 66.5 Å². The Morgan fingerprint density at radius 1 is 1.13 bits per heavy atom. The van der Waals surface area contributed by atoms with Gasteiger partial charge in [-0.25, -0.2) is 8.42 Å². The molecule has 5 nitrogen and oxygen atoms in total. The number of hydrogen-bond acceptors (Lipinski definition) is 3. The fraction of sp³-hybridized carbons (Fsp3) is 0.235. The molecule has 2 aromatic carbocycles. The Hall–Kier alpha value is -2.34. The van der Waals surface area contributed by atoms with Crippen molar-refractivity contribution in [2.75, 3.05) is 22.4 Å². The summed E-state index contributed by atoms with van der Waals surface area (Å²) >= 11 is 0. The van der Waals surface area contributed by atoms with Crippen LogP contribution >= 0.6 is 0 Å². The molecule has 0 atom stereocenters. The van der Waals surface area contributed by atoms with Crippen LogP contribution in [0.3, 0.4) is 0 Å². The number of aryl methyl sites for hydroxylation is 1. The summed E-state index contributed by atoms with van der Waals surface area (Å²) in [6.45, 7) is 3.55. The quantitative estimate of drug-likeness (QED) is 0.915. The van der Waals surface area contributed by atoms with Gasteiger partial charge in [-0.05, 0) is 44.2 Å². The predicted molar refractivity (Wildman–Crippen MR) is 93.4 cm³/mol. The van der Waals surface area contributed by atoms with Crippen molar-refractivity contribution in [2.45, 2.75) is 13.8 Å². The van der Waals surface area contributed by atoms with Gasteiger partial charge in [-0.15, -0.1) is 0 Å². The van der Waals surface area contributed by atoms with Crippen molar-refractivity contribution in [1.29, 1.82) is 0 Å². The van der Waals surface area contributed by atoms with Crippen LogP contribution in [0.25, 0.3) is 0 Å². The molecule has 0 radical (unpaired) electrons. The minimum atomic E-state index is -3.36. The normalized spacial score (nSPS) is 11.1. The van der Waals surface area contributed by atoms with Gasteiger partial charge in [0, 0.05) is 18.3 Å². The maximum atomic E-state index is 12.3. The molecule has 0 unspecified atom stereocenters. The lowest BCUT2D eigenvalue weighted by Crippen LogP contribution is -2.28. The fourth-order valence-corrected chi connectivity index (χ4v) is 2.86. The average molecular weight is 332 g/mol. The first-order valence-electron chi connectivity index (χ1n) is 7.28. The van der Waals surface area contributed by atoms with E-state index in [2.05, 4.69) is 5.32 Å². The molecule has 6 heteroatoms. The molecule has 122 valence electrons. The van der Waals surface area contributed by atoms with Crippen LogP contribution in [0.5, 0.6) is 0 Å². The lowest BCUT2D eigenvalue weighted by molar-refractivity contribution is 0.102. The first-order chi connectivity index (χ1) is 10.8. The molecule has 0 aliphatic heterocycles. The zero-order chi connectivity index (χ0) is 17.0. The van der Waals surface area contributed by atoms with Gasteiger partial charge in [0.25, 0.3) is 5.91 Å². The SMILES string of the molecule is CCS(=O)(=O)N(C)c1cccc(C(=O)Nc2ccc(C)cc2)c1. The van der Waals surface area contributed by atoms with E-state index < -0.39 is 10.0 Å². The number of hydrogen-bond donors (Lipinski definition) is 1. The standard InChI is InChI=1S/C17H20N2O3S/c1-4-23(21,22)19(3)16-7-5-6-14(12-16)17(20)18-15-10-8-13(2)9-11-15/h5-12H,4H2,1-3H3,(H,18,20). The van der Waals surface area contributed by atoms with Crippen molar-refractivity contribution >= 4 is 27.3 Å². The summed E-state index contributed by atoms with van der Waals surface area (Å²) in [5.74, 6) is -0.276. The molecule has 0 aliphatic rings. The van der Waals surface area contributed by atoms with Crippen molar-refractivity contribution in [3.63, 3.8) is 0 Å². The van der Waals surface area contributed by atoms with Crippen molar-refractivity contribution < 1.29 is 13.2 Å². The van der Waals surface area contributed by atoms with E-state index in [-0.39, 0.29) is 11.7 Å². The third-order valence-electron chi connectivity index (χ3n) is 3.56. The predicted octanol–water partition coefficient (Wildman–Crippen LogP) is 3.03. The average Bonchev–Trinajstić information content (AvgIpc) is 2.56. The van der Waals surface area contributed by atoms with Crippen molar-refractivity contribution in [2.24, 2.45) is 0 Å². The molecule has 0 saturated heterocycles. The first-order valence-corrected chi connectivity index (χ1v) is 8.89. The number of nitrogens with one attached hydrogen (secondary N) is 1. The van der Waals surface area contributed by atoms with Crippen molar-refractivity contribution in [3.05, 3.63) is 59.7 Å². The number of nitrogens with zero attached hydrogens (tertiary/aromatic N) is 1. The summed E-state index contributed by atoms with van der Waals surface area (Å²) in [6.07, 6.45) is 0. The Bertz CT molecular complexity index is 799. The highest BCUT2D eigenvalue weighted by atomic mass is 32.2. The summed E-state index contributed by atoms with van der Waals surface area (Å²) in [5.41, 5.74) is 2.67. The number of carbonyl (C=O) groups is 1. The van der Waals surface area contributed by atoms with E-state index in [9.17, 15) is 13.2 Å². The largest absolute Gasteiger partial charge is 0.322 e. The number of rotatable bonds is 5. The zero-order valence-corrected chi connectivity index (χ0v) is 14.2. The van der Waals surface area contributed by atoms with E-state index in [1.165, 1.54) is 11.4 Å². The highest BCUT2D eigenvalue weighted by molar-refractivity contribution is 7.92. The van der Waals surface area contributed by atoms with Crippen LogP contribution in [0.15, 0.2) is 48.5 Å². The molecule has 0 spiro atoms. The van der Waals surface area contributed by atoms with Crippen LogP contribution in [0.2, 0.25) is 0 Å². The maximum Gasteiger partial charge on any atom is 0.255 e. The van der Waals surface area contributed by atoms with Gasteiger partial charge in [-0.3, -0.25) is 9.10 Å². The summed E-state index contributed by atoms with van der Waals surface area (Å²) in [7, 11) is -1.87. The van der Waals surface area contributed by atoms with Crippen molar-refractivity contribution in [3.8, 4) is 0 Å². The van der Waals surface area contributed by atoms with Gasteiger partial charge < -0.3 is 5.32 Å². The van der Waals surface area contributed by atoms with Gasteiger partial charge in [-0.1, -0.05) is 23.8 Å². The molecule has 0 saturated carbocycles. The lowest BCUT2D eigenvalue weighted by Gasteiger charge is -2.19. The Morgan fingerprint density at radius 2 is 1.78 bits per heavy atom. The van der Waals surface area contributed by atoms with E-state index in [1.54, 1.807) is 31.2 Å². The van der Waals surface area contributed by atoms with E-state index in [4.69, 9.17) is 0 Å². The summed E-state index contributed by atoms with van der Waals surface area (Å²) < 4.78 is 25.0. The Balaban J connectivity index is 2.22. The first kappa shape index (κ1) is 17.0. The molecule has 1 N–H and O–H groups in total. The van der Waals surface area contributed by atoms with Gasteiger partial charge in [0.15, 0.2) is 0 Å². The van der Waals surface area contributed by atoms with Crippen LogP contribution in [-0.4, -0.2) is 27.1 Å². The second kappa shape index (κ2) is 6.83. The highest BCUT2D eigenvalue weighted by Gasteiger charge is 2.17. The highest BCUT2D eigenvalue weighted by Crippen LogP contribution is 2.19. The number of anilines is 2. The van der Waals surface area contributed by atoms with E-state index in [0.717, 1.165) is 5.56 Å².